The van der Waals surface area contributed by atoms with Crippen molar-refractivity contribution < 1.29 is 4.79 Å². The highest BCUT2D eigenvalue weighted by atomic mass is 16.1. The third-order valence-corrected chi connectivity index (χ3v) is 0.845. The molecule has 0 aromatic rings. The van der Waals surface area contributed by atoms with Gasteiger partial charge >= 0.3 is 0 Å². The van der Waals surface area contributed by atoms with Gasteiger partial charge in [0.05, 0.1) is 0 Å². The Morgan fingerprint density at radius 2 is 2.38 bits per heavy atom. The number of carbonyl (C=O) groups is 1. The van der Waals surface area contributed by atoms with Gasteiger partial charge in [-0.05, 0) is 20.3 Å². The maximum atomic E-state index is 10.3. The molecule has 0 heterocycles. The van der Waals surface area contributed by atoms with Crippen LogP contribution in [0.25, 0.3) is 0 Å². The van der Waals surface area contributed by atoms with Gasteiger partial charge in [0.1, 0.15) is 5.78 Å². The molecule has 0 bridgehead atoms. The Kier molecular flexibility index (Phi) is 4.23. The minimum atomic E-state index is 0.247. The van der Waals surface area contributed by atoms with E-state index in [2.05, 4.69) is 6.08 Å². The molecule has 0 aliphatic rings. The molecule has 0 saturated heterocycles. The minimum Gasteiger partial charge on any atom is -0.300 e. The van der Waals surface area contributed by atoms with Crippen LogP contribution < -0.4 is 0 Å². The van der Waals surface area contributed by atoms with Gasteiger partial charge in [-0.15, -0.1) is 0 Å². The fourth-order valence-corrected chi connectivity index (χ4v) is 0.420. The van der Waals surface area contributed by atoms with Crippen LogP contribution in [0.2, 0.25) is 0 Å². The van der Waals surface area contributed by atoms with Gasteiger partial charge in [-0.3, -0.25) is 0 Å². The third kappa shape index (κ3) is 5.41. The minimum absolute atomic E-state index is 0.247. The summed E-state index contributed by atoms with van der Waals surface area (Å²) in [6.45, 7) is 3.43. The average molecular weight is 111 g/mol. The van der Waals surface area contributed by atoms with E-state index in [0.717, 1.165) is 6.42 Å². The van der Waals surface area contributed by atoms with E-state index < -0.39 is 0 Å². The average Bonchev–Trinajstić information content (AvgIpc) is 1.66. The van der Waals surface area contributed by atoms with Crippen LogP contribution in [0.1, 0.15) is 26.7 Å². The Hall–Kier alpha value is -0.590. The summed E-state index contributed by atoms with van der Waals surface area (Å²) in [6.07, 6.45) is 6.21. The molecule has 0 rings (SSSR count). The van der Waals surface area contributed by atoms with E-state index in [-0.39, 0.29) is 5.78 Å². The quantitative estimate of drug-likeness (QED) is 0.542. The van der Waals surface area contributed by atoms with E-state index in [1.807, 2.05) is 13.0 Å². The second kappa shape index (κ2) is 4.57. The summed E-state index contributed by atoms with van der Waals surface area (Å²) >= 11 is 0. The van der Waals surface area contributed by atoms with E-state index in [1.54, 1.807) is 6.92 Å². The first-order valence-electron chi connectivity index (χ1n) is 2.75. The van der Waals surface area contributed by atoms with Gasteiger partial charge in [0.15, 0.2) is 0 Å². The van der Waals surface area contributed by atoms with Crippen molar-refractivity contribution >= 4 is 5.78 Å². The molecule has 0 spiro atoms. The lowest BCUT2D eigenvalue weighted by Crippen LogP contribution is -1.85. The topological polar surface area (TPSA) is 17.1 Å². The number of hydrogen-bond acceptors (Lipinski definition) is 1. The van der Waals surface area contributed by atoms with Crippen LogP contribution in [-0.4, -0.2) is 5.78 Å². The van der Waals surface area contributed by atoms with Crippen LogP contribution in [0, 0.1) is 6.08 Å². The maximum Gasteiger partial charge on any atom is 0.130 e. The molecule has 0 aromatic carbocycles. The molecule has 1 heteroatoms. The van der Waals surface area contributed by atoms with E-state index in [0.29, 0.717) is 6.42 Å². The van der Waals surface area contributed by atoms with E-state index >= 15 is 0 Å². The molecule has 1 nitrogen and oxygen atoms in total. The Labute approximate surface area is 50.4 Å². The molecular formula is C7H11O. The molecule has 8 heavy (non-hydrogen) atoms. The molecule has 0 fully saturated rings. The standard InChI is InChI=1S/C7H11O/c1-3-4-5-6-7(2)8/h4H,5-6H2,1-2H3. The fourth-order valence-electron chi connectivity index (χ4n) is 0.420. The van der Waals surface area contributed by atoms with Crippen LogP contribution in [0.15, 0.2) is 6.08 Å². The summed E-state index contributed by atoms with van der Waals surface area (Å²) in [5.74, 6) is 0.247. The summed E-state index contributed by atoms with van der Waals surface area (Å²) < 4.78 is 0. The van der Waals surface area contributed by atoms with Gasteiger partial charge in [-0.1, -0.05) is 12.2 Å². The highest BCUT2D eigenvalue weighted by molar-refractivity contribution is 5.75. The van der Waals surface area contributed by atoms with Crippen LogP contribution >= 0.6 is 0 Å². The highest BCUT2D eigenvalue weighted by Crippen LogP contribution is 1.89. The Morgan fingerprint density at radius 1 is 1.75 bits per heavy atom. The molecule has 45 valence electrons. The van der Waals surface area contributed by atoms with Crippen molar-refractivity contribution in [1.82, 2.24) is 0 Å². The summed E-state index contributed by atoms with van der Waals surface area (Å²) in [4.78, 5) is 10.3. The van der Waals surface area contributed by atoms with Crippen molar-refractivity contribution in [3.63, 3.8) is 0 Å². The second-order valence-electron chi connectivity index (χ2n) is 1.73. The smallest absolute Gasteiger partial charge is 0.130 e. The summed E-state index contributed by atoms with van der Waals surface area (Å²) in [6, 6.07) is 0. The lowest BCUT2D eigenvalue weighted by Gasteiger charge is -1.84. The van der Waals surface area contributed by atoms with Crippen molar-refractivity contribution in [2.45, 2.75) is 26.7 Å². The Balaban J connectivity index is 3.05. The number of rotatable bonds is 3. The molecular weight excluding hydrogens is 100 g/mol. The van der Waals surface area contributed by atoms with Gasteiger partial charge in [0.2, 0.25) is 0 Å². The van der Waals surface area contributed by atoms with Crippen LogP contribution in [-0.2, 0) is 4.79 Å². The number of carbonyl (C=O) groups excluding carboxylic acids is 1. The Bertz CT molecular complexity index is 92.6. The molecule has 0 aromatic heterocycles. The van der Waals surface area contributed by atoms with Gasteiger partial charge < -0.3 is 4.79 Å². The zero-order chi connectivity index (χ0) is 6.41. The van der Waals surface area contributed by atoms with Gasteiger partial charge in [-0.2, -0.15) is 0 Å². The Morgan fingerprint density at radius 3 is 2.75 bits per heavy atom. The predicted molar refractivity (Wildman–Crippen MR) is 33.4 cm³/mol. The highest BCUT2D eigenvalue weighted by Gasteiger charge is 1.86. The summed E-state index contributed by atoms with van der Waals surface area (Å²) in [5, 5.41) is 0. The van der Waals surface area contributed by atoms with Gasteiger partial charge in [0.25, 0.3) is 0 Å². The summed E-state index contributed by atoms with van der Waals surface area (Å²) in [7, 11) is 0. The zero-order valence-corrected chi connectivity index (χ0v) is 5.40. The van der Waals surface area contributed by atoms with Crippen molar-refractivity contribution in [3.8, 4) is 0 Å². The molecule has 0 N–H and O–H groups in total. The first-order chi connectivity index (χ1) is 3.77. The summed E-state index contributed by atoms with van der Waals surface area (Å²) in [5.41, 5.74) is 0. The molecule has 0 atom stereocenters. The van der Waals surface area contributed by atoms with Crippen molar-refractivity contribution in [1.29, 1.82) is 0 Å². The largest absolute Gasteiger partial charge is 0.300 e. The fraction of sp³-hybridized carbons (Fsp3) is 0.571. The van der Waals surface area contributed by atoms with E-state index in [1.165, 1.54) is 0 Å². The molecule has 0 saturated carbocycles. The van der Waals surface area contributed by atoms with Crippen LogP contribution in [0.5, 0.6) is 0 Å². The maximum absolute atomic E-state index is 10.3. The van der Waals surface area contributed by atoms with E-state index in [4.69, 9.17) is 0 Å². The lowest BCUT2D eigenvalue weighted by atomic mass is 10.2. The normalized spacial score (nSPS) is 10.2. The number of Topliss-reactive ketones (excluding diaryl/α,β-unsaturated/α-hetero) is 1. The van der Waals surface area contributed by atoms with Crippen LogP contribution in [0.4, 0.5) is 0 Å². The molecule has 0 amide bonds. The number of allylic oxidation sites excluding steroid dienone is 2. The predicted octanol–water partition coefficient (Wildman–Crippen LogP) is 1.73. The van der Waals surface area contributed by atoms with Crippen molar-refractivity contribution in [3.05, 3.63) is 12.2 Å². The molecule has 0 aliphatic carbocycles. The first-order valence-corrected chi connectivity index (χ1v) is 2.75. The first kappa shape index (κ1) is 7.41. The molecule has 0 aliphatic heterocycles. The number of hydrogen-bond donors (Lipinski definition) is 0. The van der Waals surface area contributed by atoms with Gasteiger partial charge in [0, 0.05) is 6.42 Å². The van der Waals surface area contributed by atoms with Crippen molar-refractivity contribution in [2.24, 2.45) is 0 Å². The molecule has 1 radical (unpaired) electrons. The lowest BCUT2D eigenvalue weighted by molar-refractivity contribution is -0.116. The van der Waals surface area contributed by atoms with Crippen LogP contribution in [0.3, 0.4) is 0 Å². The second-order valence-corrected chi connectivity index (χ2v) is 1.73. The monoisotopic (exact) mass is 111 g/mol. The van der Waals surface area contributed by atoms with E-state index in [9.17, 15) is 4.79 Å². The SMILES string of the molecule is C/[C]=C\CCC(C)=O. The molecule has 0 unspecified atom stereocenters. The zero-order valence-electron chi connectivity index (χ0n) is 5.40. The van der Waals surface area contributed by atoms with Crippen molar-refractivity contribution in [2.75, 3.05) is 0 Å². The third-order valence-electron chi connectivity index (χ3n) is 0.845. The number of ketones is 1. The van der Waals surface area contributed by atoms with Gasteiger partial charge in [-0.25, -0.2) is 0 Å².